The number of carbonyl (C=O) groups is 3. The lowest BCUT2D eigenvalue weighted by molar-refractivity contribution is -0.129. The molecule has 4 N–H and O–H groups in total. The second-order valence-electron chi connectivity index (χ2n) is 9.28. The fourth-order valence-electron chi connectivity index (χ4n) is 3.63. The first-order valence-corrected chi connectivity index (χ1v) is 12.3. The smallest absolute Gasteiger partial charge is 0.279 e. The molecule has 0 saturated heterocycles. The van der Waals surface area contributed by atoms with Crippen molar-refractivity contribution in [2.45, 2.75) is 59.5 Å². The standard InChI is InChI=1S/C26H33N7O4/c1-15(2)30-24(35)16(3)12-21(34)6-5-11-27-25(36)18-7-9-19(10-8-18)28-13-20-14-29-23-22(33-20)26(37)32-17(4)31-23/h7-10,14-16,28H,5-6,11-13H2,1-4H3,(H,27,36)(H,30,35)(H,29,31,32,37)/t16-/m1/s1. The van der Waals surface area contributed by atoms with Crippen LogP contribution in [-0.4, -0.2) is 50.1 Å². The average Bonchev–Trinajstić information content (AvgIpc) is 2.85. The first-order valence-electron chi connectivity index (χ1n) is 12.3. The Bertz CT molecular complexity index is 1320. The van der Waals surface area contributed by atoms with Crippen LogP contribution in [0.15, 0.2) is 35.3 Å². The zero-order valence-electron chi connectivity index (χ0n) is 21.6. The molecule has 0 saturated carbocycles. The monoisotopic (exact) mass is 507 g/mol. The lowest BCUT2D eigenvalue weighted by Crippen LogP contribution is -2.35. The number of anilines is 1. The summed E-state index contributed by atoms with van der Waals surface area (Å²) < 4.78 is 0. The maximum absolute atomic E-state index is 12.4. The van der Waals surface area contributed by atoms with Gasteiger partial charge in [-0.05, 0) is 51.5 Å². The summed E-state index contributed by atoms with van der Waals surface area (Å²) in [6, 6.07) is 6.98. The van der Waals surface area contributed by atoms with Crippen LogP contribution in [0.2, 0.25) is 0 Å². The predicted molar refractivity (Wildman–Crippen MR) is 140 cm³/mol. The molecule has 0 aliphatic heterocycles. The van der Waals surface area contributed by atoms with E-state index in [1.54, 1.807) is 44.3 Å². The number of Topliss-reactive ketones (excluding diaryl/α,β-unsaturated/α-hetero) is 1. The zero-order chi connectivity index (χ0) is 26.9. The minimum Gasteiger partial charge on any atom is -0.379 e. The first-order chi connectivity index (χ1) is 17.6. The summed E-state index contributed by atoms with van der Waals surface area (Å²) in [5.41, 5.74) is 2.00. The molecule has 196 valence electrons. The van der Waals surface area contributed by atoms with E-state index < -0.39 is 0 Å². The summed E-state index contributed by atoms with van der Waals surface area (Å²) in [5, 5.41) is 8.81. The van der Waals surface area contributed by atoms with Crippen LogP contribution in [0, 0.1) is 12.8 Å². The number of rotatable bonds is 12. The number of carbonyl (C=O) groups excluding carboxylic acids is 3. The van der Waals surface area contributed by atoms with E-state index in [1.807, 2.05) is 13.8 Å². The van der Waals surface area contributed by atoms with Gasteiger partial charge in [0.1, 0.15) is 11.6 Å². The number of nitrogens with one attached hydrogen (secondary N) is 4. The molecule has 1 atom stereocenters. The van der Waals surface area contributed by atoms with Crippen molar-refractivity contribution >= 4 is 34.4 Å². The van der Waals surface area contributed by atoms with Gasteiger partial charge in [0.15, 0.2) is 11.2 Å². The highest BCUT2D eigenvalue weighted by Crippen LogP contribution is 2.12. The van der Waals surface area contributed by atoms with Crippen molar-refractivity contribution in [3.63, 3.8) is 0 Å². The molecule has 11 nitrogen and oxygen atoms in total. The molecule has 2 amide bonds. The zero-order valence-corrected chi connectivity index (χ0v) is 21.6. The van der Waals surface area contributed by atoms with Crippen molar-refractivity contribution in [3.8, 4) is 0 Å². The van der Waals surface area contributed by atoms with Crippen LogP contribution in [0.4, 0.5) is 5.69 Å². The van der Waals surface area contributed by atoms with Gasteiger partial charge in [-0.1, -0.05) is 6.92 Å². The summed E-state index contributed by atoms with van der Waals surface area (Å²) >= 11 is 0. The molecule has 3 aromatic rings. The molecule has 0 unspecified atom stereocenters. The van der Waals surface area contributed by atoms with Gasteiger partial charge >= 0.3 is 0 Å². The van der Waals surface area contributed by atoms with Crippen LogP contribution in [-0.2, 0) is 16.1 Å². The van der Waals surface area contributed by atoms with Crippen LogP contribution in [0.1, 0.15) is 61.9 Å². The summed E-state index contributed by atoms with van der Waals surface area (Å²) in [7, 11) is 0. The number of ketones is 1. The second-order valence-corrected chi connectivity index (χ2v) is 9.28. The average molecular weight is 508 g/mol. The maximum Gasteiger partial charge on any atom is 0.279 e. The molecular formula is C26H33N7O4. The molecule has 0 bridgehead atoms. The number of aryl methyl sites for hydroxylation is 1. The molecule has 37 heavy (non-hydrogen) atoms. The molecule has 0 radical (unpaired) electrons. The third-order valence-corrected chi connectivity index (χ3v) is 5.54. The van der Waals surface area contributed by atoms with Crippen LogP contribution < -0.4 is 21.5 Å². The van der Waals surface area contributed by atoms with Gasteiger partial charge < -0.3 is 20.9 Å². The first kappa shape index (κ1) is 27.4. The topological polar surface area (TPSA) is 159 Å². The maximum atomic E-state index is 12.4. The van der Waals surface area contributed by atoms with E-state index in [1.165, 1.54) is 0 Å². The van der Waals surface area contributed by atoms with Crippen molar-refractivity contribution < 1.29 is 14.4 Å². The predicted octanol–water partition coefficient (Wildman–Crippen LogP) is 2.26. The molecule has 0 spiro atoms. The van der Waals surface area contributed by atoms with E-state index >= 15 is 0 Å². The van der Waals surface area contributed by atoms with Crippen LogP contribution in [0.3, 0.4) is 0 Å². The Morgan fingerprint density at radius 1 is 1.05 bits per heavy atom. The largest absolute Gasteiger partial charge is 0.379 e. The number of aromatic amines is 1. The summed E-state index contributed by atoms with van der Waals surface area (Å²) in [6.45, 7) is 7.89. The molecule has 3 rings (SSSR count). The number of hydrogen-bond donors (Lipinski definition) is 4. The van der Waals surface area contributed by atoms with Gasteiger partial charge in [0, 0.05) is 42.6 Å². The minimum atomic E-state index is -0.367. The van der Waals surface area contributed by atoms with Gasteiger partial charge in [0.05, 0.1) is 18.4 Å². The van der Waals surface area contributed by atoms with Gasteiger partial charge in [0.2, 0.25) is 5.91 Å². The summed E-state index contributed by atoms with van der Waals surface area (Å²) in [6.07, 6.45) is 2.57. The number of hydrogen-bond acceptors (Lipinski definition) is 8. The Morgan fingerprint density at radius 3 is 2.49 bits per heavy atom. The van der Waals surface area contributed by atoms with Crippen LogP contribution in [0.5, 0.6) is 0 Å². The molecular weight excluding hydrogens is 474 g/mol. The van der Waals surface area contributed by atoms with Crippen molar-refractivity contribution in [2.75, 3.05) is 11.9 Å². The van der Waals surface area contributed by atoms with Gasteiger partial charge in [-0.3, -0.25) is 19.2 Å². The molecule has 0 aliphatic carbocycles. The van der Waals surface area contributed by atoms with E-state index in [-0.39, 0.29) is 47.1 Å². The molecule has 1 aromatic carbocycles. The summed E-state index contributed by atoms with van der Waals surface area (Å²) in [4.78, 5) is 63.8. The van der Waals surface area contributed by atoms with Gasteiger partial charge in [-0.25, -0.2) is 15.0 Å². The Labute approximate surface area is 214 Å². The van der Waals surface area contributed by atoms with E-state index in [9.17, 15) is 19.2 Å². The molecule has 0 fully saturated rings. The van der Waals surface area contributed by atoms with E-state index in [2.05, 4.69) is 35.9 Å². The SMILES string of the molecule is Cc1nc2ncc(CNc3ccc(C(=O)NCCCC(=O)C[C@@H](C)C(=O)NC(C)C)cc3)nc2c(=O)[nH]1. The van der Waals surface area contributed by atoms with E-state index in [0.29, 0.717) is 48.7 Å². The quantitative estimate of drug-likeness (QED) is 0.272. The van der Waals surface area contributed by atoms with Gasteiger partial charge in [-0.15, -0.1) is 0 Å². The number of H-pyrrole nitrogens is 1. The highest BCUT2D eigenvalue weighted by Gasteiger charge is 2.17. The number of nitrogens with zero attached hydrogens (tertiary/aromatic N) is 3. The molecule has 2 aromatic heterocycles. The van der Waals surface area contributed by atoms with Crippen molar-refractivity contribution in [3.05, 3.63) is 57.9 Å². The molecule has 0 aliphatic rings. The Kier molecular flexibility index (Phi) is 9.42. The van der Waals surface area contributed by atoms with Crippen molar-refractivity contribution in [1.82, 2.24) is 30.6 Å². The molecule has 11 heteroatoms. The lowest BCUT2D eigenvalue weighted by Gasteiger charge is -2.14. The highest BCUT2D eigenvalue weighted by atomic mass is 16.2. The Balaban J connectivity index is 1.41. The molecule has 2 heterocycles. The highest BCUT2D eigenvalue weighted by molar-refractivity contribution is 5.94. The Morgan fingerprint density at radius 2 is 1.78 bits per heavy atom. The number of aromatic nitrogens is 4. The van der Waals surface area contributed by atoms with Crippen LogP contribution >= 0.6 is 0 Å². The summed E-state index contributed by atoms with van der Waals surface area (Å²) in [5.74, 6) is -0.238. The van der Waals surface area contributed by atoms with Crippen LogP contribution in [0.25, 0.3) is 11.2 Å². The third-order valence-electron chi connectivity index (χ3n) is 5.54. The third kappa shape index (κ3) is 8.19. The van der Waals surface area contributed by atoms with Gasteiger partial charge in [0.25, 0.3) is 11.5 Å². The van der Waals surface area contributed by atoms with E-state index in [4.69, 9.17) is 0 Å². The van der Waals surface area contributed by atoms with Crippen molar-refractivity contribution in [1.29, 1.82) is 0 Å². The minimum absolute atomic E-state index is 0.00293. The van der Waals surface area contributed by atoms with Gasteiger partial charge in [-0.2, -0.15) is 0 Å². The normalized spacial score (nSPS) is 11.8. The Hall–Kier alpha value is -4.15. The number of fused-ring (bicyclic) bond motifs is 1. The number of amides is 2. The lowest BCUT2D eigenvalue weighted by atomic mass is 10.0. The van der Waals surface area contributed by atoms with E-state index in [0.717, 1.165) is 5.69 Å². The fraction of sp³-hybridized carbons (Fsp3) is 0.423. The fourth-order valence-corrected chi connectivity index (χ4v) is 3.63. The number of benzene rings is 1. The second kappa shape index (κ2) is 12.7. The van der Waals surface area contributed by atoms with Crippen molar-refractivity contribution in [2.24, 2.45) is 5.92 Å².